The zero-order valence-corrected chi connectivity index (χ0v) is 12.5. The van der Waals surface area contributed by atoms with E-state index in [0.29, 0.717) is 32.9 Å². The van der Waals surface area contributed by atoms with Gasteiger partial charge in [0.1, 0.15) is 22.8 Å². The van der Waals surface area contributed by atoms with Crippen LogP contribution in [0.25, 0.3) is 0 Å². The van der Waals surface area contributed by atoms with Crippen LogP contribution in [0.2, 0.25) is 10.0 Å². The summed E-state index contributed by atoms with van der Waals surface area (Å²) >= 11 is 11.8. The molecule has 2 aromatic carbocycles. The van der Waals surface area contributed by atoms with Crippen molar-refractivity contribution in [1.82, 2.24) is 0 Å². The summed E-state index contributed by atoms with van der Waals surface area (Å²) in [5, 5.41) is 0.916. The van der Waals surface area contributed by atoms with Crippen LogP contribution in [0.5, 0.6) is 17.2 Å². The van der Waals surface area contributed by atoms with Gasteiger partial charge in [-0.05, 0) is 37.3 Å². The lowest BCUT2D eigenvalue weighted by molar-refractivity contribution is 0.101. The molecule has 3 nitrogen and oxygen atoms in total. The number of hydrogen-bond acceptors (Lipinski definition) is 3. The normalized spacial score (nSPS) is 10.2. The van der Waals surface area contributed by atoms with Crippen molar-refractivity contribution in [2.45, 2.75) is 6.92 Å². The Labute approximate surface area is 127 Å². The summed E-state index contributed by atoms with van der Waals surface area (Å²) in [6.45, 7) is 1.45. The molecule has 0 aliphatic carbocycles. The Morgan fingerprint density at radius 2 is 1.65 bits per heavy atom. The Bertz CT molecular complexity index is 633. The maximum Gasteiger partial charge on any atom is 0.167 e. The van der Waals surface area contributed by atoms with Crippen molar-refractivity contribution in [3.63, 3.8) is 0 Å². The Balaban J connectivity index is 2.45. The molecule has 0 amide bonds. The van der Waals surface area contributed by atoms with E-state index in [-0.39, 0.29) is 5.78 Å². The molecule has 0 aromatic heterocycles. The van der Waals surface area contributed by atoms with Gasteiger partial charge in [-0.25, -0.2) is 0 Å². The molecular formula is C15H12Cl2O3. The third kappa shape index (κ3) is 3.24. The Morgan fingerprint density at radius 1 is 1.05 bits per heavy atom. The van der Waals surface area contributed by atoms with E-state index in [0.717, 1.165) is 0 Å². The fraction of sp³-hybridized carbons (Fsp3) is 0.133. The van der Waals surface area contributed by atoms with Crippen LogP contribution in [0.15, 0.2) is 36.4 Å². The van der Waals surface area contributed by atoms with Gasteiger partial charge < -0.3 is 9.47 Å². The Morgan fingerprint density at radius 3 is 2.20 bits per heavy atom. The molecule has 0 aliphatic heterocycles. The third-order valence-electron chi connectivity index (χ3n) is 2.62. The first-order valence-corrected chi connectivity index (χ1v) is 6.58. The maximum atomic E-state index is 11.8. The minimum atomic E-state index is -0.148. The highest BCUT2D eigenvalue weighted by Crippen LogP contribution is 2.34. The molecule has 2 rings (SSSR count). The number of carbonyl (C=O) groups excluding carboxylic acids is 1. The van der Waals surface area contributed by atoms with Crippen molar-refractivity contribution in [3.8, 4) is 17.2 Å². The first-order valence-electron chi connectivity index (χ1n) is 5.83. The number of halogens is 2. The summed E-state index contributed by atoms with van der Waals surface area (Å²) in [5.41, 5.74) is 0.381. The SMILES string of the molecule is COc1cccc(Oc2cc(Cl)cc(Cl)c2)c1C(C)=O. The molecule has 0 saturated carbocycles. The number of Topliss-reactive ketones (excluding diaryl/α,β-unsaturated/α-hetero) is 1. The Hall–Kier alpha value is -1.71. The van der Waals surface area contributed by atoms with Crippen LogP contribution >= 0.6 is 23.2 Å². The van der Waals surface area contributed by atoms with E-state index in [2.05, 4.69) is 0 Å². The minimum Gasteiger partial charge on any atom is -0.496 e. The van der Waals surface area contributed by atoms with Crippen molar-refractivity contribution in [2.75, 3.05) is 7.11 Å². The third-order valence-corrected chi connectivity index (χ3v) is 3.06. The van der Waals surface area contributed by atoms with Gasteiger partial charge in [-0.3, -0.25) is 4.79 Å². The van der Waals surface area contributed by atoms with Gasteiger partial charge in [0.15, 0.2) is 5.78 Å². The minimum absolute atomic E-state index is 0.148. The molecule has 0 aliphatic rings. The van der Waals surface area contributed by atoms with Gasteiger partial charge in [-0.1, -0.05) is 29.3 Å². The van der Waals surface area contributed by atoms with Gasteiger partial charge in [-0.2, -0.15) is 0 Å². The molecule has 104 valence electrons. The highest BCUT2D eigenvalue weighted by molar-refractivity contribution is 6.34. The number of ether oxygens (including phenoxy) is 2. The number of carbonyl (C=O) groups is 1. The molecule has 0 bridgehead atoms. The second-order valence-electron chi connectivity index (χ2n) is 4.10. The predicted molar refractivity (Wildman–Crippen MR) is 79.5 cm³/mol. The molecule has 20 heavy (non-hydrogen) atoms. The van der Waals surface area contributed by atoms with Crippen molar-refractivity contribution in [2.24, 2.45) is 0 Å². The summed E-state index contributed by atoms with van der Waals surface area (Å²) in [6.07, 6.45) is 0. The van der Waals surface area contributed by atoms with Crippen LogP contribution in [0, 0.1) is 0 Å². The first kappa shape index (κ1) is 14.7. The van der Waals surface area contributed by atoms with Crippen LogP contribution in [0.4, 0.5) is 0 Å². The lowest BCUT2D eigenvalue weighted by Gasteiger charge is -2.13. The lowest BCUT2D eigenvalue weighted by Crippen LogP contribution is -2.01. The van der Waals surface area contributed by atoms with E-state index in [1.54, 1.807) is 36.4 Å². The average molecular weight is 311 g/mol. The van der Waals surface area contributed by atoms with E-state index >= 15 is 0 Å². The molecule has 0 atom stereocenters. The van der Waals surface area contributed by atoms with Gasteiger partial charge in [0, 0.05) is 10.0 Å². The van der Waals surface area contributed by atoms with E-state index in [9.17, 15) is 4.79 Å². The summed E-state index contributed by atoms with van der Waals surface area (Å²) < 4.78 is 10.9. The standard InChI is InChI=1S/C15H12Cl2O3/c1-9(18)15-13(19-2)4-3-5-14(15)20-12-7-10(16)6-11(17)8-12/h3-8H,1-2H3. The average Bonchev–Trinajstić information content (AvgIpc) is 2.36. The van der Waals surface area contributed by atoms with E-state index in [1.165, 1.54) is 14.0 Å². The zero-order valence-electron chi connectivity index (χ0n) is 10.9. The predicted octanol–water partition coefficient (Wildman–Crippen LogP) is 5.00. The summed E-state index contributed by atoms with van der Waals surface area (Å²) in [6, 6.07) is 9.98. The van der Waals surface area contributed by atoms with Gasteiger partial charge in [0.25, 0.3) is 0 Å². The van der Waals surface area contributed by atoms with Crippen molar-refractivity contribution in [3.05, 3.63) is 52.0 Å². The molecule has 5 heteroatoms. The first-order chi connectivity index (χ1) is 9.51. The summed E-state index contributed by atoms with van der Waals surface area (Å²) in [5.74, 6) is 1.17. The largest absolute Gasteiger partial charge is 0.496 e. The fourth-order valence-electron chi connectivity index (χ4n) is 1.83. The Kier molecular flexibility index (Phi) is 4.53. The number of hydrogen-bond donors (Lipinski definition) is 0. The topological polar surface area (TPSA) is 35.5 Å². The molecule has 0 saturated heterocycles. The van der Waals surface area contributed by atoms with Crippen LogP contribution in [0.1, 0.15) is 17.3 Å². The van der Waals surface area contributed by atoms with Gasteiger partial charge in [-0.15, -0.1) is 0 Å². The monoisotopic (exact) mass is 310 g/mol. The zero-order chi connectivity index (χ0) is 14.7. The fourth-order valence-corrected chi connectivity index (χ4v) is 2.33. The highest BCUT2D eigenvalue weighted by atomic mass is 35.5. The summed E-state index contributed by atoms with van der Waals surface area (Å²) in [4.78, 5) is 11.8. The highest BCUT2D eigenvalue weighted by Gasteiger charge is 2.15. The molecule has 0 unspecified atom stereocenters. The van der Waals surface area contributed by atoms with Crippen molar-refractivity contribution >= 4 is 29.0 Å². The van der Waals surface area contributed by atoms with Gasteiger partial charge >= 0.3 is 0 Å². The molecule has 0 spiro atoms. The van der Waals surface area contributed by atoms with Crippen molar-refractivity contribution in [1.29, 1.82) is 0 Å². The van der Waals surface area contributed by atoms with Crippen LogP contribution in [-0.4, -0.2) is 12.9 Å². The molecule has 0 radical (unpaired) electrons. The van der Waals surface area contributed by atoms with Crippen LogP contribution < -0.4 is 9.47 Å². The number of benzene rings is 2. The molecule has 0 N–H and O–H groups in total. The van der Waals surface area contributed by atoms with Gasteiger partial charge in [0.2, 0.25) is 0 Å². The second-order valence-corrected chi connectivity index (χ2v) is 4.97. The second kappa shape index (κ2) is 6.16. The van der Waals surface area contributed by atoms with Crippen molar-refractivity contribution < 1.29 is 14.3 Å². The number of ketones is 1. The lowest BCUT2D eigenvalue weighted by atomic mass is 10.1. The van der Waals surface area contributed by atoms with Crippen LogP contribution in [0.3, 0.4) is 0 Å². The number of methoxy groups -OCH3 is 1. The summed E-state index contributed by atoms with van der Waals surface area (Å²) in [7, 11) is 1.50. The molecule has 0 heterocycles. The van der Waals surface area contributed by atoms with Gasteiger partial charge in [0.05, 0.1) is 7.11 Å². The number of rotatable bonds is 4. The van der Waals surface area contributed by atoms with Crippen LogP contribution in [-0.2, 0) is 0 Å². The molecule has 2 aromatic rings. The van der Waals surface area contributed by atoms with E-state index in [4.69, 9.17) is 32.7 Å². The molecular weight excluding hydrogens is 299 g/mol. The quantitative estimate of drug-likeness (QED) is 0.746. The maximum absolute atomic E-state index is 11.8. The smallest absolute Gasteiger partial charge is 0.167 e. The van der Waals surface area contributed by atoms with E-state index in [1.807, 2.05) is 0 Å². The van der Waals surface area contributed by atoms with E-state index < -0.39 is 0 Å². The molecule has 0 fully saturated rings.